The molecule has 0 aliphatic carbocycles. The van der Waals surface area contributed by atoms with Crippen molar-refractivity contribution in [1.29, 1.82) is 0 Å². The van der Waals surface area contributed by atoms with Gasteiger partial charge >= 0.3 is 5.69 Å². The van der Waals surface area contributed by atoms with Gasteiger partial charge in [-0.05, 0) is 24.3 Å². The summed E-state index contributed by atoms with van der Waals surface area (Å²) in [5.74, 6) is 0. The second-order valence-electron chi connectivity index (χ2n) is 3.48. The van der Waals surface area contributed by atoms with E-state index in [0.29, 0.717) is 22.0 Å². The van der Waals surface area contributed by atoms with Gasteiger partial charge in [-0.1, -0.05) is 11.6 Å². The van der Waals surface area contributed by atoms with Crippen LogP contribution in [-0.2, 0) is 0 Å². The van der Waals surface area contributed by atoms with Gasteiger partial charge in [0.15, 0.2) is 5.65 Å². The highest BCUT2D eigenvalue weighted by Gasteiger charge is 2.08. The number of hydrogen-bond acceptors (Lipinski definition) is 3. The molecule has 0 fully saturated rings. The lowest BCUT2D eigenvalue weighted by atomic mass is 10.4. The Labute approximate surface area is 101 Å². The molecule has 0 amide bonds. The molecule has 0 aliphatic heterocycles. The van der Waals surface area contributed by atoms with Crippen molar-refractivity contribution in [3.8, 4) is 5.69 Å². The highest BCUT2D eigenvalue weighted by atomic mass is 35.5. The van der Waals surface area contributed by atoms with E-state index in [0.717, 1.165) is 0 Å². The van der Waals surface area contributed by atoms with Crippen LogP contribution in [0, 0.1) is 0 Å². The van der Waals surface area contributed by atoms with Crippen LogP contribution in [0.2, 0.25) is 5.15 Å². The van der Waals surface area contributed by atoms with Gasteiger partial charge in [-0.25, -0.2) is 14.8 Å². The topological polar surface area (TPSA) is 63.6 Å². The van der Waals surface area contributed by atoms with E-state index in [9.17, 15) is 4.79 Å². The first-order valence-corrected chi connectivity index (χ1v) is 5.31. The third-order valence-electron chi connectivity index (χ3n) is 2.43. The molecule has 0 aliphatic rings. The van der Waals surface area contributed by atoms with Crippen LogP contribution < -0.4 is 5.69 Å². The van der Waals surface area contributed by atoms with Crippen LogP contribution in [0.3, 0.4) is 0 Å². The van der Waals surface area contributed by atoms with Gasteiger partial charge in [-0.3, -0.25) is 9.55 Å². The first-order chi connectivity index (χ1) is 8.25. The molecule has 84 valence electrons. The molecule has 0 saturated heterocycles. The van der Waals surface area contributed by atoms with Crippen LogP contribution in [0.15, 0.2) is 41.5 Å². The normalized spacial score (nSPS) is 10.9. The third-order valence-corrected chi connectivity index (χ3v) is 2.65. The molecule has 0 bridgehead atoms. The highest BCUT2D eigenvalue weighted by molar-refractivity contribution is 6.29. The van der Waals surface area contributed by atoms with Crippen LogP contribution in [-0.4, -0.2) is 19.5 Å². The second kappa shape index (κ2) is 3.71. The average Bonchev–Trinajstić information content (AvgIpc) is 2.66. The summed E-state index contributed by atoms with van der Waals surface area (Å²) in [7, 11) is 0. The molecule has 6 heteroatoms. The fourth-order valence-electron chi connectivity index (χ4n) is 1.70. The van der Waals surface area contributed by atoms with Crippen LogP contribution in [0.5, 0.6) is 0 Å². The molecule has 3 heterocycles. The fraction of sp³-hybridized carbons (Fsp3) is 0. The van der Waals surface area contributed by atoms with E-state index in [1.54, 1.807) is 30.6 Å². The maximum absolute atomic E-state index is 11.8. The zero-order valence-electron chi connectivity index (χ0n) is 8.59. The maximum atomic E-state index is 11.8. The van der Waals surface area contributed by atoms with Crippen LogP contribution in [0.1, 0.15) is 0 Å². The van der Waals surface area contributed by atoms with Crippen LogP contribution in [0.4, 0.5) is 0 Å². The molecule has 3 rings (SSSR count). The van der Waals surface area contributed by atoms with E-state index < -0.39 is 0 Å². The number of aromatic nitrogens is 4. The van der Waals surface area contributed by atoms with E-state index in [1.807, 2.05) is 6.07 Å². The molecule has 3 aromatic heterocycles. The van der Waals surface area contributed by atoms with Crippen molar-refractivity contribution < 1.29 is 0 Å². The summed E-state index contributed by atoms with van der Waals surface area (Å²) in [5, 5.41) is 0.389. The lowest BCUT2D eigenvalue weighted by Gasteiger charge is -2.01. The molecule has 0 spiro atoms. The van der Waals surface area contributed by atoms with Crippen molar-refractivity contribution in [2.75, 3.05) is 0 Å². The number of halogens is 1. The van der Waals surface area contributed by atoms with Crippen molar-refractivity contribution in [3.63, 3.8) is 0 Å². The van der Waals surface area contributed by atoms with Crippen molar-refractivity contribution in [2.45, 2.75) is 0 Å². The van der Waals surface area contributed by atoms with Gasteiger partial charge < -0.3 is 0 Å². The molecule has 0 radical (unpaired) electrons. The number of fused-ring (bicyclic) bond motifs is 1. The van der Waals surface area contributed by atoms with E-state index in [4.69, 9.17) is 11.6 Å². The fourth-order valence-corrected chi connectivity index (χ4v) is 1.81. The molecule has 0 aromatic carbocycles. The minimum Gasteiger partial charge on any atom is -0.290 e. The average molecular weight is 247 g/mol. The third kappa shape index (κ3) is 1.60. The molecule has 3 aromatic rings. The largest absolute Gasteiger partial charge is 0.332 e. The van der Waals surface area contributed by atoms with Gasteiger partial charge in [-0.15, -0.1) is 0 Å². The van der Waals surface area contributed by atoms with Crippen LogP contribution >= 0.6 is 11.6 Å². The van der Waals surface area contributed by atoms with Gasteiger partial charge in [0.1, 0.15) is 5.15 Å². The number of aromatic amines is 1. The Balaban J connectivity index is 2.33. The highest BCUT2D eigenvalue weighted by Crippen LogP contribution is 2.13. The number of imidazole rings is 1. The molecular formula is C11H7ClN4O. The number of nitrogens with zero attached hydrogens (tertiary/aromatic N) is 3. The molecule has 5 nitrogen and oxygen atoms in total. The van der Waals surface area contributed by atoms with Crippen LogP contribution in [0.25, 0.3) is 16.9 Å². The van der Waals surface area contributed by atoms with Gasteiger partial charge in [0, 0.05) is 6.20 Å². The smallest absolute Gasteiger partial charge is 0.290 e. The van der Waals surface area contributed by atoms with Gasteiger partial charge in [-0.2, -0.15) is 0 Å². The van der Waals surface area contributed by atoms with Gasteiger partial charge in [0.2, 0.25) is 0 Å². The predicted molar refractivity (Wildman–Crippen MR) is 64.5 cm³/mol. The summed E-state index contributed by atoms with van der Waals surface area (Å²) >= 11 is 5.71. The van der Waals surface area contributed by atoms with Gasteiger partial charge in [0.05, 0.1) is 17.4 Å². The summed E-state index contributed by atoms with van der Waals surface area (Å²) in [4.78, 5) is 22.5. The first-order valence-electron chi connectivity index (χ1n) is 4.93. The maximum Gasteiger partial charge on any atom is 0.332 e. The molecule has 0 unspecified atom stereocenters. The second-order valence-corrected chi connectivity index (χ2v) is 3.86. The lowest BCUT2D eigenvalue weighted by Crippen LogP contribution is -2.14. The van der Waals surface area contributed by atoms with E-state index in [-0.39, 0.29) is 5.69 Å². The lowest BCUT2D eigenvalue weighted by molar-refractivity contribution is 1.00. The Kier molecular flexibility index (Phi) is 2.19. The van der Waals surface area contributed by atoms with Crippen molar-refractivity contribution in [1.82, 2.24) is 19.5 Å². The summed E-state index contributed by atoms with van der Waals surface area (Å²) in [5.41, 5.74) is 1.66. The number of rotatable bonds is 1. The Bertz CT molecular complexity index is 729. The van der Waals surface area contributed by atoms with E-state index >= 15 is 0 Å². The molecular weight excluding hydrogens is 240 g/mol. The predicted octanol–water partition coefficient (Wildman–Crippen LogP) is 1.76. The monoisotopic (exact) mass is 246 g/mol. The molecule has 0 saturated carbocycles. The van der Waals surface area contributed by atoms with Gasteiger partial charge in [0.25, 0.3) is 0 Å². The van der Waals surface area contributed by atoms with Crippen molar-refractivity contribution in [3.05, 3.63) is 52.3 Å². The summed E-state index contributed by atoms with van der Waals surface area (Å²) < 4.78 is 1.51. The molecule has 0 atom stereocenters. The first kappa shape index (κ1) is 10.0. The van der Waals surface area contributed by atoms with Crippen molar-refractivity contribution >= 4 is 22.8 Å². The Hall–Kier alpha value is -2.14. The van der Waals surface area contributed by atoms with Crippen molar-refractivity contribution in [2.24, 2.45) is 0 Å². The van der Waals surface area contributed by atoms with E-state index in [1.165, 1.54) is 4.57 Å². The summed E-state index contributed by atoms with van der Waals surface area (Å²) in [6, 6.07) is 6.96. The Morgan fingerprint density at radius 2 is 2.12 bits per heavy atom. The standard InChI is InChI=1S/C11H7ClN4O/c12-9-4-3-7(6-14-9)16-8-2-1-5-13-10(8)15-11(16)17/h1-6H,(H,13,15,17). The van der Waals surface area contributed by atoms with E-state index in [2.05, 4.69) is 15.0 Å². The zero-order chi connectivity index (χ0) is 11.8. The number of H-pyrrole nitrogens is 1. The zero-order valence-corrected chi connectivity index (χ0v) is 9.35. The molecule has 17 heavy (non-hydrogen) atoms. The minimum atomic E-state index is -0.247. The molecule has 1 N–H and O–H groups in total. The number of pyridine rings is 2. The SMILES string of the molecule is O=c1[nH]c2ncccc2n1-c1ccc(Cl)nc1. The quantitative estimate of drug-likeness (QED) is 0.666. The summed E-state index contributed by atoms with van der Waals surface area (Å²) in [6.07, 6.45) is 3.17. The minimum absolute atomic E-state index is 0.247. The summed E-state index contributed by atoms with van der Waals surface area (Å²) in [6.45, 7) is 0. The Morgan fingerprint density at radius 1 is 1.24 bits per heavy atom. The number of nitrogens with one attached hydrogen (secondary N) is 1. The Morgan fingerprint density at radius 3 is 2.88 bits per heavy atom. The number of hydrogen-bond donors (Lipinski definition) is 1.